The Balaban J connectivity index is 1.93. The first-order valence-electron chi connectivity index (χ1n) is 9.34. The molecule has 0 unspecified atom stereocenters. The Morgan fingerprint density at radius 3 is 2.34 bits per heavy atom. The highest BCUT2D eigenvalue weighted by Gasteiger charge is 2.20. The number of hydrogen-bond donors (Lipinski definition) is 1. The van der Waals surface area contributed by atoms with Crippen LogP contribution >= 0.6 is 0 Å². The molecule has 2 aromatic carbocycles. The molecule has 0 radical (unpaired) electrons. The first-order chi connectivity index (χ1) is 13.8. The highest BCUT2D eigenvalue weighted by molar-refractivity contribution is 5.92. The Labute approximate surface area is 170 Å². The number of benzene rings is 2. The van der Waals surface area contributed by atoms with Crippen LogP contribution in [-0.2, 0) is 16.1 Å². The molecule has 0 aromatic heterocycles. The maximum atomic E-state index is 12.9. The quantitative estimate of drug-likeness (QED) is 0.646. The molecule has 0 aliphatic carbocycles. The lowest BCUT2D eigenvalue weighted by molar-refractivity contribution is -0.129. The molecule has 6 nitrogen and oxygen atoms in total. The van der Waals surface area contributed by atoms with Crippen LogP contribution in [-0.4, -0.2) is 31.7 Å². The van der Waals surface area contributed by atoms with Gasteiger partial charge in [-0.2, -0.15) is 0 Å². The van der Waals surface area contributed by atoms with Gasteiger partial charge in [0.2, 0.25) is 0 Å². The Morgan fingerprint density at radius 2 is 1.72 bits per heavy atom. The van der Waals surface area contributed by atoms with Crippen LogP contribution in [0.4, 0.5) is 4.39 Å². The lowest BCUT2D eigenvalue weighted by atomic mass is 10.2. The van der Waals surface area contributed by atoms with Crippen LogP contribution in [0, 0.1) is 11.7 Å². The van der Waals surface area contributed by atoms with Gasteiger partial charge in [-0.15, -0.1) is 0 Å². The first kappa shape index (κ1) is 22.2. The SMILES string of the molecule is COc1cc(C(=O)O[C@H](C)C(=O)NCc2ccc(F)cc2)ccc1OCC(C)C. The molecule has 0 heterocycles. The maximum Gasteiger partial charge on any atom is 0.339 e. The fourth-order valence-corrected chi connectivity index (χ4v) is 2.39. The van der Waals surface area contributed by atoms with Gasteiger partial charge in [0, 0.05) is 6.54 Å². The van der Waals surface area contributed by atoms with Crippen LogP contribution < -0.4 is 14.8 Å². The molecule has 1 N–H and O–H groups in total. The van der Waals surface area contributed by atoms with Crippen LogP contribution in [0.1, 0.15) is 36.7 Å². The molecule has 0 fully saturated rings. The number of nitrogens with one attached hydrogen (secondary N) is 1. The van der Waals surface area contributed by atoms with E-state index in [2.05, 4.69) is 5.32 Å². The molecule has 156 valence electrons. The highest BCUT2D eigenvalue weighted by Crippen LogP contribution is 2.29. The standard InChI is InChI=1S/C22H26FNO5/c1-14(2)13-28-19-10-7-17(11-20(19)27-4)22(26)29-15(3)21(25)24-12-16-5-8-18(23)9-6-16/h5-11,14-15H,12-13H2,1-4H3,(H,24,25)/t15-/m1/s1. The van der Waals surface area contributed by atoms with Crippen molar-refractivity contribution in [1.82, 2.24) is 5.32 Å². The normalized spacial score (nSPS) is 11.7. The third-order valence-electron chi connectivity index (χ3n) is 4.00. The summed E-state index contributed by atoms with van der Waals surface area (Å²) in [5.41, 5.74) is 0.983. The summed E-state index contributed by atoms with van der Waals surface area (Å²) in [7, 11) is 1.48. The molecule has 0 aliphatic heterocycles. The van der Waals surface area contributed by atoms with Gasteiger partial charge in [-0.25, -0.2) is 9.18 Å². The third-order valence-corrected chi connectivity index (χ3v) is 4.00. The topological polar surface area (TPSA) is 73.9 Å². The van der Waals surface area contributed by atoms with Gasteiger partial charge < -0.3 is 19.5 Å². The Bertz CT molecular complexity index is 836. The number of halogens is 1. The second-order valence-electron chi connectivity index (χ2n) is 6.96. The second kappa shape index (κ2) is 10.5. The van der Waals surface area contributed by atoms with Crippen molar-refractivity contribution < 1.29 is 28.2 Å². The number of methoxy groups -OCH3 is 1. The smallest absolute Gasteiger partial charge is 0.339 e. The van der Waals surface area contributed by atoms with E-state index in [9.17, 15) is 14.0 Å². The van der Waals surface area contributed by atoms with Crippen molar-refractivity contribution in [1.29, 1.82) is 0 Å². The average Bonchev–Trinajstić information content (AvgIpc) is 2.71. The summed E-state index contributed by atoms with van der Waals surface area (Å²) in [5, 5.41) is 2.65. The number of esters is 1. The van der Waals surface area contributed by atoms with Gasteiger partial charge in [0.15, 0.2) is 17.6 Å². The summed E-state index contributed by atoms with van der Waals surface area (Å²) in [6.45, 7) is 6.26. The highest BCUT2D eigenvalue weighted by atomic mass is 19.1. The van der Waals surface area contributed by atoms with Gasteiger partial charge >= 0.3 is 5.97 Å². The molecule has 0 aliphatic rings. The van der Waals surface area contributed by atoms with Crippen LogP contribution in [0.25, 0.3) is 0 Å². The minimum atomic E-state index is -0.995. The fourth-order valence-electron chi connectivity index (χ4n) is 2.39. The molecule has 29 heavy (non-hydrogen) atoms. The summed E-state index contributed by atoms with van der Waals surface area (Å²) >= 11 is 0. The number of hydrogen-bond acceptors (Lipinski definition) is 5. The van der Waals surface area contributed by atoms with Crippen molar-refractivity contribution in [3.8, 4) is 11.5 Å². The minimum Gasteiger partial charge on any atom is -0.493 e. The Hall–Kier alpha value is -3.09. The van der Waals surface area contributed by atoms with Gasteiger partial charge in [0.25, 0.3) is 5.91 Å². The third kappa shape index (κ3) is 6.78. The lowest BCUT2D eigenvalue weighted by Crippen LogP contribution is -2.35. The molecule has 2 aromatic rings. The van der Waals surface area contributed by atoms with Crippen molar-refractivity contribution in [2.24, 2.45) is 5.92 Å². The molecule has 1 atom stereocenters. The summed E-state index contributed by atoms with van der Waals surface area (Å²) in [6.07, 6.45) is -0.995. The number of ether oxygens (including phenoxy) is 3. The van der Waals surface area contributed by atoms with Crippen molar-refractivity contribution in [2.45, 2.75) is 33.4 Å². The molecule has 0 saturated carbocycles. The predicted molar refractivity (Wildman–Crippen MR) is 106 cm³/mol. The van der Waals surface area contributed by atoms with E-state index < -0.39 is 18.0 Å². The summed E-state index contributed by atoms with van der Waals surface area (Å²) in [6, 6.07) is 10.5. The maximum absolute atomic E-state index is 12.9. The number of carbonyl (C=O) groups is 2. The molecular formula is C22H26FNO5. The Kier molecular flexibility index (Phi) is 8.00. The fraction of sp³-hybridized carbons (Fsp3) is 0.364. The Morgan fingerprint density at radius 1 is 1.03 bits per heavy atom. The molecule has 1 amide bonds. The number of carbonyl (C=O) groups excluding carboxylic acids is 2. The largest absolute Gasteiger partial charge is 0.493 e. The van der Waals surface area contributed by atoms with E-state index in [0.717, 1.165) is 5.56 Å². The summed E-state index contributed by atoms with van der Waals surface area (Å²) in [4.78, 5) is 24.5. The number of rotatable bonds is 9. The van der Waals surface area contributed by atoms with Gasteiger partial charge in [0.1, 0.15) is 5.82 Å². The van der Waals surface area contributed by atoms with Crippen molar-refractivity contribution in [3.05, 3.63) is 59.4 Å². The average molecular weight is 403 g/mol. The van der Waals surface area contributed by atoms with E-state index in [1.807, 2.05) is 13.8 Å². The van der Waals surface area contributed by atoms with E-state index in [-0.39, 0.29) is 17.9 Å². The van der Waals surface area contributed by atoms with Crippen LogP contribution in [0.2, 0.25) is 0 Å². The van der Waals surface area contributed by atoms with Crippen LogP contribution in [0.3, 0.4) is 0 Å². The summed E-state index contributed by atoms with van der Waals surface area (Å²) < 4.78 is 29.1. The van der Waals surface area contributed by atoms with Crippen molar-refractivity contribution in [2.75, 3.05) is 13.7 Å². The van der Waals surface area contributed by atoms with E-state index in [0.29, 0.717) is 24.0 Å². The predicted octanol–water partition coefficient (Wildman–Crippen LogP) is 3.73. The van der Waals surface area contributed by atoms with Crippen LogP contribution in [0.15, 0.2) is 42.5 Å². The van der Waals surface area contributed by atoms with Gasteiger partial charge in [-0.1, -0.05) is 26.0 Å². The van der Waals surface area contributed by atoms with E-state index in [4.69, 9.17) is 14.2 Å². The summed E-state index contributed by atoms with van der Waals surface area (Å²) in [5.74, 6) is -0.164. The van der Waals surface area contributed by atoms with E-state index >= 15 is 0 Å². The van der Waals surface area contributed by atoms with Crippen molar-refractivity contribution in [3.63, 3.8) is 0 Å². The molecule has 0 bridgehead atoms. The van der Waals surface area contributed by atoms with Crippen molar-refractivity contribution >= 4 is 11.9 Å². The zero-order valence-corrected chi connectivity index (χ0v) is 17.0. The molecule has 2 rings (SSSR count). The molecule has 0 spiro atoms. The first-order valence-corrected chi connectivity index (χ1v) is 9.34. The van der Waals surface area contributed by atoms with Gasteiger partial charge in [-0.05, 0) is 48.7 Å². The molecule has 0 saturated heterocycles. The monoisotopic (exact) mass is 403 g/mol. The van der Waals surface area contributed by atoms with Crippen LogP contribution in [0.5, 0.6) is 11.5 Å². The zero-order valence-electron chi connectivity index (χ0n) is 17.0. The lowest BCUT2D eigenvalue weighted by Gasteiger charge is -2.15. The van der Waals surface area contributed by atoms with Gasteiger partial charge in [-0.3, -0.25) is 4.79 Å². The van der Waals surface area contributed by atoms with E-state index in [1.54, 1.807) is 24.3 Å². The number of amides is 1. The second-order valence-corrected chi connectivity index (χ2v) is 6.96. The zero-order chi connectivity index (χ0) is 21.4. The van der Waals surface area contributed by atoms with Gasteiger partial charge in [0.05, 0.1) is 19.3 Å². The molecule has 7 heteroatoms. The molecular weight excluding hydrogens is 377 g/mol. The minimum absolute atomic E-state index is 0.205. The van der Waals surface area contributed by atoms with E-state index in [1.165, 1.54) is 32.2 Å².